The van der Waals surface area contributed by atoms with E-state index in [0.29, 0.717) is 45.1 Å². The number of halogens is 2. The molecule has 3 aromatic rings. The predicted molar refractivity (Wildman–Crippen MR) is 127 cm³/mol. The highest BCUT2D eigenvalue weighted by Gasteiger charge is 2.33. The zero-order chi connectivity index (χ0) is 22.7. The third-order valence-corrected chi connectivity index (χ3v) is 8.45. The van der Waals surface area contributed by atoms with Crippen LogP contribution in [0.5, 0.6) is 0 Å². The van der Waals surface area contributed by atoms with Crippen LogP contribution in [-0.4, -0.2) is 41.9 Å². The number of carbonyl (C=O) groups is 1. The molecule has 0 aliphatic carbocycles. The molecule has 1 aromatic heterocycles. The maximum Gasteiger partial charge on any atom is 0.230 e. The van der Waals surface area contributed by atoms with E-state index in [1.165, 1.54) is 21.7 Å². The Morgan fingerprint density at radius 2 is 1.94 bits per heavy atom. The summed E-state index contributed by atoms with van der Waals surface area (Å²) in [6, 6.07) is 14.3. The first-order valence-corrected chi connectivity index (χ1v) is 13.1. The van der Waals surface area contributed by atoms with E-state index in [2.05, 4.69) is 15.5 Å². The normalized spacial score (nSPS) is 17.2. The van der Waals surface area contributed by atoms with Gasteiger partial charge in [-0.1, -0.05) is 70.9 Å². The molecular weight excluding hydrogens is 491 g/mol. The van der Waals surface area contributed by atoms with Crippen LogP contribution in [0.15, 0.2) is 48.5 Å². The van der Waals surface area contributed by atoms with E-state index < -0.39 is 15.9 Å². The summed E-state index contributed by atoms with van der Waals surface area (Å²) in [4.78, 5) is 12.8. The third-order valence-electron chi connectivity index (χ3n) is 5.18. The minimum Gasteiger partial charge on any atom is -0.300 e. The van der Waals surface area contributed by atoms with Gasteiger partial charge in [0.05, 0.1) is 11.7 Å². The molecule has 1 saturated heterocycles. The fourth-order valence-corrected chi connectivity index (χ4v) is 6.46. The quantitative estimate of drug-likeness (QED) is 0.518. The topological polar surface area (TPSA) is 92.3 Å². The first-order valence-electron chi connectivity index (χ1n) is 9.93. The largest absolute Gasteiger partial charge is 0.300 e. The summed E-state index contributed by atoms with van der Waals surface area (Å²) in [7, 11) is -3.64. The fourth-order valence-electron chi connectivity index (χ4n) is 3.51. The summed E-state index contributed by atoms with van der Waals surface area (Å²) in [5.41, 5.74) is 1.39. The van der Waals surface area contributed by atoms with Crippen LogP contribution in [0.25, 0.3) is 10.6 Å². The number of sulfonamides is 1. The molecule has 1 amide bonds. The van der Waals surface area contributed by atoms with Crippen LogP contribution in [-0.2, 0) is 20.6 Å². The molecule has 1 fully saturated rings. The molecule has 32 heavy (non-hydrogen) atoms. The zero-order valence-electron chi connectivity index (χ0n) is 16.9. The van der Waals surface area contributed by atoms with E-state index in [-0.39, 0.29) is 18.2 Å². The van der Waals surface area contributed by atoms with Crippen LogP contribution in [0.4, 0.5) is 5.13 Å². The van der Waals surface area contributed by atoms with Gasteiger partial charge in [-0.05, 0) is 30.5 Å². The van der Waals surface area contributed by atoms with Gasteiger partial charge < -0.3 is 5.32 Å². The summed E-state index contributed by atoms with van der Waals surface area (Å²) < 4.78 is 27.3. The number of rotatable bonds is 6. The van der Waals surface area contributed by atoms with Crippen LogP contribution in [0.3, 0.4) is 0 Å². The highest BCUT2D eigenvalue weighted by molar-refractivity contribution is 7.88. The molecule has 4 rings (SSSR count). The SMILES string of the molecule is O=C(Nc1nnc(-c2ccccc2)s1)[C@H]1CCCN(S(=O)(=O)Cc2ccc(Cl)cc2Cl)C1. The molecule has 0 bridgehead atoms. The van der Waals surface area contributed by atoms with Crippen molar-refractivity contribution in [2.45, 2.75) is 18.6 Å². The van der Waals surface area contributed by atoms with E-state index >= 15 is 0 Å². The van der Waals surface area contributed by atoms with E-state index in [0.717, 1.165) is 5.56 Å². The molecule has 2 aromatic carbocycles. The van der Waals surface area contributed by atoms with Crippen LogP contribution in [0, 0.1) is 5.92 Å². The van der Waals surface area contributed by atoms with Crippen molar-refractivity contribution in [1.29, 1.82) is 0 Å². The monoisotopic (exact) mass is 510 g/mol. The van der Waals surface area contributed by atoms with Gasteiger partial charge in [-0.25, -0.2) is 12.7 Å². The molecular formula is C21H20Cl2N4O3S2. The van der Waals surface area contributed by atoms with Crippen molar-refractivity contribution >= 4 is 55.6 Å². The number of nitrogens with one attached hydrogen (secondary N) is 1. The highest BCUT2D eigenvalue weighted by Crippen LogP contribution is 2.29. The number of anilines is 1. The standard InChI is InChI=1S/C21H20Cl2N4O3S2/c22-17-9-8-16(18(23)11-17)13-32(29,30)27-10-4-7-15(12-27)19(28)24-21-26-25-20(31-21)14-5-2-1-3-6-14/h1-3,5-6,8-9,11,15H,4,7,10,12-13H2,(H,24,26,28)/t15-/m0/s1. The molecule has 1 aliphatic rings. The third kappa shape index (κ3) is 5.47. The Morgan fingerprint density at radius 3 is 2.69 bits per heavy atom. The van der Waals surface area contributed by atoms with Crippen molar-refractivity contribution in [3.63, 3.8) is 0 Å². The fraction of sp³-hybridized carbons (Fsp3) is 0.286. The van der Waals surface area contributed by atoms with Crippen LogP contribution < -0.4 is 5.32 Å². The second-order valence-corrected chi connectivity index (χ2v) is 11.2. The molecule has 11 heteroatoms. The molecule has 1 aliphatic heterocycles. The lowest BCUT2D eigenvalue weighted by Crippen LogP contribution is -2.44. The summed E-state index contributed by atoms with van der Waals surface area (Å²) in [6.07, 6.45) is 1.20. The molecule has 0 unspecified atom stereocenters. The molecule has 0 radical (unpaired) electrons. The van der Waals surface area contributed by atoms with Gasteiger partial charge in [-0.3, -0.25) is 4.79 Å². The average Bonchev–Trinajstić information content (AvgIpc) is 3.25. The Morgan fingerprint density at radius 1 is 1.16 bits per heavy atom. The average molecular weight is 511 g/mol. The van der Waals surface area contributed by atoms with Crippen molar-refractivity contribution in [3.05, 3.63) is 64.1 Å². The highest BCUT2D eigenvalue weighted by atomic mass is 35.5. The minimum absolute atomic E-state index is 0.115. The number of amides is 1. The lowest BCUT2D eigenvalue weighted by atomic mass is 9.99. The molecule has 1 atom stereocenters. The Labute approximate surface area is 200 Å². The van der Waals surface area contributed by atoms with Gasteiger partial charge >= 0.3 is 0 Å². The molecule has 0 spiro atoms. The van der Waals surface area contributed by atoms with Crippen molar-refractivity contribution in [2.75, 3.05) is 18.4 Å². The Bertz CT molecular complexity index is 1220. The van der Waals surface area contributed by atoms with Gasteiger partial charge in [0.2, 0.25) is 21.1 Å². The van der Waals surface area contributed by atoms with Gasteiger partial charge in [0.15, 0.2) is 0 Å². The van der Waals surface area contributed by atoms with E-state index in [1.54, 1.807) is 12.1 Å². The van der Waals surface area contributed by atoms with E-state index in [4.69, 9.17) is 23.2 Å². The van der Waals surface area contributed by atoms with Gasteiger partial charge in [0.1, 0.15) is 5.01 Å². The number of hydrogen-bond acceptors (Lipinski definition) is 6. The number of carbonyl (C=O) groups excluding carboxylic acids is 1. The number of hydrogen-bond donors (Lipinski definition) is 1. The van der Waals surface area contributed by atoms with Crippen molar-refractivity contribution in [1.82, 2.24) is 14.5 Å². The van der Waals surface area contributed by atoms with Crippen LogP contribution in [0.1, 0.15) is 18.4 Å². The summed E-state index contributed by atoms with van der Waals surface area (Å²) in [6.45, 7) is 0.484. The van der Waals surface area contributed by atoms with Crippen LogP contribution in [0.2, 0.25) is 10.0 Å². The minimum atomic E-state index is -3.64. The smallest absolute Gasteiger partial charge is 0.230 e. The van der Waals surface area contributed by atoms with Gasteiger partial charge in [0, 0.05) is 28.7 Å². The maximum absolute atomic E-state index is 13.0. The number of nitrogens with zero attached hydrogens (tertiary/aromatic N) is 3. The molecule has 1 N–H and O–H groups in total. The molecule has 0 saturated carbocycles. The van der Waals surface area contributed by atoms with Crippen molar-refractivity contribution < 1.29 is 13.2 Å². The lowest BCUT2D eigenvalue weighted by Gasteiger charge is -2.31. The molecule has 7 nitrogen and oxygen atoms in total. The predicted octanol–water partition coefficient (Wildman–Crippen LogP) is 4.69. The zero-order valence-corrected chi connectivity index (χ0v) is 20.0. The van der Waals surface area contributed by atoms with Gasteiger partial charge in [-0.15, -0.1) is 10.2 Å². The summed E-state index contributed by atoms with van der Waals surface area (Å²) in [5, 5.41) is 12.8. The van der Waals surface area contributed by atoms with E-state index in [9.17, 15) is 13.2 Å². The Balaban J connectivity index is 1.41. The number of benzene rings is 2. The number of piperidine rings is 1. The van der Waals surface area contributed by atoms with E-state index in [1.807, 2.05) is 30.3 Å². The Hall–Kier alpha value is -2.04. The van der Waals surface area contributed by atoms with Crippen LogP contribution >= 0.6 is 34.5 Å². The van der Waals surface area contributed by atoms with Gasteiger partial charge in [-0.2, -0.15) is 0 Å². The second kappa shape index (κ2) is 9.84. The second-order valence-electron chi connectivity index (χ2n) is 7.46. The summed E-state index contributed by atoms with van der Waals surface area (Å²) in [5.74, 6) is -0.970. The van der Waals surface area contributed by atoms with Crippen molar-refractivity contribution in [3.8, 4) is 10.6 Å². The first kappa shape index (κ1) is 23.1. The first-order chi connectivity index (χ1) is 15.3. The lowest BCUT2D eigenvalue weighted by molar-refractivity contribution is -0.120. The summed E-state index contributed by atoms with van der Waals surface area (Å²) >= 11 is 13.3. The van der Waals surface area contributed by atoms with Gasteiger partial charge in [0.25, 0.3) is 0 Å². The van der Waals surface area contributed by atoms with Crippen molar-refractivity contribution in [2.24, 2.45) is 5.92 Å². The molecule has 168 valence electrons. The maximum atomic E-state index is 13.0. The Kier molecular flexibility index (Phi) is 7.11. The molecule has 2 heterocycles. The number of aromatic nitrogens is 2.